The smallest absolute Gasteiger partial charge is 0.0468 e. The van der Waals surface area contributed by atoms with Crippen molar-refractivity contribution in [2.24, 2.45) is 0 Å². The Morgan fingerprint density at radius 2 is 1.06 bits per heavy atom. The number of nitrogens with zero attached hydrogens (tertiary/aromatic N) is 2. The van der Waals surface area contributed by atoms with Gasteiger partial charge < -0.3 is 9.80 Å². The molecule has 0 fully saturated rings. The largest absolute Gasteiger partial charge is 0.372 e. The first-order valence-electron chi connectivity index (χ1n) is 12.6. The zero-order valence-corrected chi connectivity index (χ0v) is 22.6. The Bertz CT molecular complexity index is 1230. The fourth-order valence-electron chi connectivity index (χ4n) is 5.08. The van der Waals surface area contributed by atoms with E-state index < -0.39 is 0 Å². The molecule has 2 nitrogen and oxygen atoms in total. The van der Waals surface area contributed by atoms with E-state index in [1.165, 1.54) is 16.3 Å². The van der Waals surface area contributed by atoms with Crippen LogP contribution in [0.1, 0.15) is 50.3 Å². The Morgan fingerprint density at radius 1 is 0.571 bits per heavy atom. The van der Waals surface area contributed by atoms with Gasteiger partial charge in [0.25, 0.3) is 0 Å². The van der Waals surface area contributed by atoms with Crippen LogP contribution in [0, 0.1) is 0 Å². The normalized spacial score (nSPS) is 11.3. The molecule has 182 valence electrons. The monoisotopic (exact) mass is 504 g/mol. The van der Waals surface area contributed by atoms with Gasteiger partial charge in [0.2, 0.25) is 0 Å². The minimum atomic E-state index is -0.0855. The van der Waals surface area contributed by atoms with Gasteiger partial charge in [0, 0.05) is 53.5 Å². The van der Waals surface area contributed by atoms with Crippen LogP contribution in [0.15, 0.2) is 78.9 Å². The maximum atomic E-state index is 7.03. The second kappa shape index (κ2) is 11.4. The van der Waals surface area contributed by atoms with E-state index in [9.17, 15) is 0 Å². The van der Waals surface area contributed by atoms with E-state index in [2.05, 4.69) is 116 Å². The Kier molecular flexibility index (Phi) is 8.26. The molecule has 0 aliphatic rings. The lowest BCUT2D eigenvalue weighted by molar-refractivity contribution is 0.863. The van der Waals surface area contributed by atoms with E-state index in [0.717, 1.165) is 58.7 Å². The molecular formula is C31H34Cl2N2. The highest BCUT2D eigenvalue weighted by molar-refractivity contribution is 6.32. The SMILES string of the molecule is CCN(CC)c1ccc(C(c2ccc(N(CC)CC)cc2Cl)c2cccc3ccccc23)c(Cl)c1. The summed E-state index contributed by atoms with van der Waals surface area (Å²) in [6.45, 7) is 12.4. The Morgan fingerprint density at radius 3 is 1.54 bits per heavy atom. The van der Waals surface area contributed by atoms with E-state index in [4.69, 9.17) is 23.2 Å². The lowest BCUT2D eigenvalue weighted by atomic mass is 9.82. The highest BCUT2D eigenvalue weighted by Gasteiger charge is 2.24. The zero-order chi connectivity index (χ0) is 24.9. The van der Waals surface area contributed by atoms with Gasteiger partial charge in [-0.15, -0.1) is 0 Å². The molecule has 0 spiro atoms. The fourth-order valence-corrected chi connectivity index (χ4v) is 5.64. The molecule has 0 unspecified atom stereocenters. The topological polar surface area (TPSA) is 6.48 Å². The van der Waals surface area contributed by atoms with Gasteiger partial charge in [-0.1, -0.05) is 77.8 Å². The van der Waals surface area contributed by atoms with Gasteiger partial charge in [-0.3, -0.25) is 0 Å². The van der Waals surface area contributed by atoms with E-state index in [0.29, 0.717) is 0 Å². The molecule has 4 heteroatoms. The van der Waals surface area contributed by atoms with Crippen molar-refractivity contribution >= 4 is 45.3 Å². The van der Waals surface area contributed by atoms with Crippen molar-refractivity contribution in [3.05, 3.63) is 106 Å². The standard InChI is InChI=1S/C31H34Cl2N2/c1-5-34(6-2)23-16-18-27(29(32)20-23)31(26-15-11-13-22-12-9-10-14-25(22)26)28-19-17-24(21-30(28)33)35(7-3)8-4/h9-21,31H,5-8H2,1-4H3. The first-order chi connectivity index (χ1) is 17.0. The number of halogens is 2. The Labute approximate surface area is 220 Å². The average molecular weight is 506 g/mol. The van der Waals surface area contributed by atoms with Crippen LogP contribution < -0.4 is 9.80 Å². The van der Waals surface area contributed by atoms with Crippen LogP contribution in [-0.2, 0) is 0 Å². The summed E-state index contributed by atoms with van der Waals surface area (Å²) in [6.07, 6.45) is 0. The molecule has 4 aromatic rings. The van der Waals surface area contributed by atoms with E-state index in [-0.39, 0.29) is 5.92 Å². The van der Waals surface area contributed by atoms with Gasteiger partial charge >= 0.3 is 0 Å². The van der Waals surface area contributed by atoms with Crippen LogP contribution in [0.5, 0.6) is 0 Å². The summed E-state index contributed by atoms with van der Waals surface area (Å²) in [4.78, 5) is 4.63. The summed E-state index contributed by atoms with van der Waals surface area (Å²) in [7, 11) is 0. The lowest BCUT2D eigenvalue weighted by Crippen LogP contribution is -2.22. The summed E-state index contributed by atoms with van der Waals surface area (Å²) in [5.74, 6) is -0.0855. The quantitative estimate of drug-likeness (QED) is 0.209. The Balaban J connectivity index is 1.93. The minimum Gasteiger partial charge on any atom is -0.372 e. The van der Waals surface area contributed by atoms with Crippen molar-refractivity contribution < 1.29 is 0 Å². The van der Waals surface area contributed by atoms with Crippen molar-refractivity contribution in [2.45, 2.75) is 33.6 Å². The van der Waals surface area contributed by atoms with Crippen LogP contribution in [0.25, 0.3) is 10.8 Å². The van der Waals surface area contributed by atoms with Crippen LogP contribution in [0.4, 0.5) is 11.4 Å². The summed E-state index contributed by atoms with van der Waals surface area (Å²) in [5, 5.41) is 3.95. The van der Waals surface area contributed by atoms with E-state index >= 15 is 0 Å². The summed E-state index contributed by atoms with van der Waals surface area (Å²) >= 11 is 14.1. The van der Waals surface area contributed by atoms with Crippen molar-refractivity contribution in [2.75, 3.05) is 36.0 Å². The number of anilines is 2. The fraction of sp³-hybridized carbons (Fsp3) is 0.290. The molecule has 0 radical (unpaired) electrons. The number of hydrogen-bond acceptors (Lipinski definition) is 2. The van der Waals surface area contributed by atoms with Crippen molar-refractivity contribution in [3.8, 4) is 0 Å². The molecule has 0 bridgehead atoms. The predicted octanol–water partition coefficient (Wildman–Crippen LogP) is 9.02. The predicted molar refractivity (Wildman–Crippen MR) is 155 cm³/mol. The highest BCUT2D eigenvalue weighted by atomic mass is 35.5. The molecule has 0 saturated carbocycles. The second-order valence-corrected chi connectivity index (χ2v) is 9.57. The maximum absolute atomic E-state index is 7.03. The third-order valence-corrected chi connectivity index (χ3v) is 7.64. The number of rotatable bonds is 9. The molecule has 0 heterocycles. The molecule has 0 amide bonds. The first-order valence-corrected chi connectivity index (χ1v) is 13.3. The van der Waals surface area contributed by atoms with Crippen LogP contribution >= 0.6 is 23.2 Å². The summed E-state index contributed by atoms with van der Waals surface area (Å²) in [6, 6.07) is 27.9. The molecular weight excluding hydrogens is 471 g/mol. The maximum Gasteiger partial charge on any atom is 0.0468 e. The lowest BCUT2D eigenvalue weighted by Gasteiger charge is -2.27. The molecule has 0 aromatic heterocycles. The van der Waals surface area contributed by atoms with Gasteiger partial charge in [-0.05, 0) is 79.4 Å². The first kappa shape index (κ1) is 25.4. The van der Waals surface area contributed by atoms with Crippen molar-refractivity contribution in [1.29, 1.82) is 0 Å². The molecule has 0 N–H and O–H groups in total. The van der Waals surface area contributed by atoms with Crippen molar-refractivity contribution in [1.82, 2.24) is 0 Å². The zero-order valence-electron chi connectivity index (χ0n) is 21.1. The van der Waals surface area contributed by atoms with Gasteiger partial charge in [0.05, 0.1) is 0 Å². The number of benzene rings is 4. The van der Waals surface area contributed by atoms with Gasteiger partial charge in [-0.25, -0.2) is 0 Å². The van der Waals surface area contributed by atoms with Gasteiger partial charge in [0.15, 0.2) is 0 Å². The molecule has 0 aliphatic heterocycles. The van der Waals surface area contributed by atoms with Gasteiger partial charge in [0.1, 0.15) is 0 Å². The van der Waals surface area contributed by atoms with Crippen molar-refractivity contribution in [3.63, 3.8) is 0 Å². The third kappa shape index (κ3) is 5.15. The Hall–Kier alpha value is -2.68. The molecule has 0 aliphatic carbocycles. The summed E-state index contributed by atoms with van der Waals surface area (Å²) in [5.41, 5.74) is 5.62. The summed E-state index contributed by atoms with van der Waals surface area (Å²) < 4.78 is 0. The average Bonchev–Trinajstić information content (AvgIpc) is 2.88. The third-order valence-electron chi connectivity index (χ3n) is 6.98. The number of hydrogen-bond donors (Lipinski definition) is 0. The minimum absolute atomic E-state index is 0.0855. The molecule has 4 aromatic carbocycles. The van der Waals surface area contributed by atoms with E-state index in [1.807, 2.05) is 0 Å². The number of fused-ring (bicyclic) bond motifs is 1. The molecule has 0 saturated heterocycles. The highest BCUT2D eigenvalue weighted by Crippen LogP contribution is 2.43. The van der Waals surface area contributed by atoms with Crippen LogP contribution in [-0.4, -0.2) is 26.2 Å². The molecule has 4 rings (SSSR count). The van der Waals surface area contributed by atoms with Crippen LogP contribution in [0.2, 0.25) is 10.0 Å². The molecule has 35 heavy (non-hydrogen) atoms. The molecule has 0 atom stereocenters. The van der Waals surface area contributed by atoms with E-state index in [1.54, 1.807) is 0 Å². The second-order valence-electron chi connectivity index (χ2n) is 8.76. The van der Waals surface area contributed by atoms with Gasteiger partial charge in [-0.2, -0.15) is 0 Å². The van der Waals surface area contributed by atoms with Crippen LogP contribution in [0.3, 0.4) is 0 Å².